The first kappa shape index (κ1) is 11.9. The van der Waals surface area contributed by atoms with E-state index < -0.39 is 5.97 Å². The summed E-state index contributed by atoms with van der Waals surface area (Å²) in [6.07, 6.45) is 2.28. The van der Waals surface area contributed by atoms with Gasteiger partial charge < -0.3 is 15.4 Å². The molecular formula is C12H17N3O2. The van der Waals surface area contributed by atoms with Gasteiger partial charge in [0.15, 0.2) is 5.69 Å². The van der Waals surface area contributed by atoms with E-state index >= 15 is 0 Å². The van der Waals surface area contributed by atoms with E-state index in [0.29, 0.717) is 11.7 Å². The fourth-order valence-electron chi connectivity index (χ4n) is 1.92. The van der Waals surface area contributed by atoms with E-state index in [4.69, 9.17) is 0 Å². The predicted octanol–water partition coefficient (Wildman–Crippen LogP) is 1.03. The van der Waals surface area contributed by atoms with Crippen LogP contribution < -0.4 is 10.6 Å². The summed E-state index contributed by atoms with van der Waals surface area (Å²) in [5, 5.41) is 6.64. The Kier molecular flexibility index (Phi) is 3.93. The van der Waals surface area contributed by atoms with Gasteiger partial charge in [0.2, 0.25) is 0 Å². The molecule has 5 heteroatoms. The molecule has 2 N–H and O–H groups in total. The van der Waals surface area contributed by atoms with E-state index in [2.05, 4.69) is 20.4 Å². The normalized spacial score (nSPS) is 19.7. The molecule has 0 aromatic carbocycles. The average molecular weight is 235 g/mol. The van der Waals surface area contributed by atoms with Crippen molar-refractivity contribution in [3.8, 4) is 0 Å². The Morgan fingerprint density at radius 1 is 1.59 bits per heavy atom. The van der Waals surface area contributed by atoms with Crippen molar-refractivity contribution in [1.29, 1.82) is 0 Å². The smallest absolute Gasteiger partial charge is 0.356 e. The summed E-state index contributed by atoms with van der Waals surface area (Å²) in [6.45, 7) is 2.01. The lowest BCUT2D eigenvalue weighted by Crippen LogP contribution is -2.38. The van der Waals surface area contributed by atoms with Crippen molar-refractivity contribution < 1.29 is 9.53 Å². The number of nitrogens with zero attached hydrogens (tertiary/aromatic N) is 1. The van der Waals surface area contributed by atoms with Gasteiger partial charge in [-0.3, -0.25) is 0 Å². The average Bonchev–Trinajstić information content (AvgIpc) is 2.39. The number of pyridine rings is 1. The third kappa shape index (κ3) is 3.17. The molecule has 1 aliphatic rings. The van der Waals surface area contributed by atoms with Crippen LogP contribution >= 0.6 is 0 Å². The number of nitrogens with one attached hydrogen (secondary N) is 2. The molecule has 5 nitrogen and oxygen atoms in total. The lowest BCUT2D eigenvalue weighted by Gasteiger charge is -2.24. The van der Waals surface area contributed by atoms with Crippen molar-refractivity contribution in [2.45, 2.75) is 18.9 Å². The molecule has 17 heavy (non-hydrogen) atoms. The van der Waals surface area contributed by atoms with Crippen LogP contribution in [0.5, 0.6) is 0 Å². The van der Waals surface area contributed by atoms with Crippen LogP contribution in [-0.4, -0.2) is 37.2 Å². The summed E-state index contributed by atoms with van der Waals surface area (Å²) >= 11 is 0. The Bertz CT molecular complexity index is 389. The molecule has 1 aromatic rings. The molecule has 1 unspecified atom stereocenters. The van der Waals surface area contributed by atoms with Gasteiger partial charge in [-0.15, -0.1) is 0 Å². The van der Waals surface area contributed by atoms with Crippen LogP contribution in [0.25, 0.3) is 0 Å². The van der Waals surface area contributed by atoms with Gasteiger partial charge in [0, 0.05) is 12.6 Å². The Balaban J connectivity index is 2.02. The summed E-state index contributed by atoms with van der Waals surface area (Å²) in [7, 11) is 1.36. The Morgan fingerprint density at radius 3 is 3.18 bits per heavy atom. The van der Waals surface area contributed by atoms with E-state index in [0.717, 1.165) is 31.7 Å². The SMILES string of the molecule is COC(=O)c1cccc(NC2CCCNC2)n1. The van der Waals surface area contributed by atoms with Crippen LogP contribution in [0, 0.1) is 0 Å². The Labute approximate surface area is 101 Å². The fourth-order valence-corrected chi connectivity index (χ4v) is 1.92. The number of hydrogen-bond acceptors (Lipinski definition) is 5. The van der Waals surface area contributed by atoms with E-state index in [1.54, 1.807) is 12.1 Å². The zero-order valence-electron chi connectivity index (χ0n) is 9.90. The molecule has 0 amide bonds. The van der Waals surface area contributed by atoms with Crippen molar-refractivity contribution in [2.24, 2.45) is 0 Å². The van der Waals surface area contributed by atoms with Gasteiger partial charge >= 0.3 is 5.97 Å². The zero-order chi connectivity index (χ0) is 12.1. The van der Waals surface area contributed by atoms with Crippen LogP contribution in [0.2, 0.25) is 0 Å². The molecule has 1 aromatic heterocycles. The molecule has 0 bridgehead atoms. The van der Waals surface area contributed by atoms with Gasteiger partial charge in [-0.1, -0.05) is 6.07 Å². The van der Waals surface area contributed by atoms with Gasteiger partial charge in [-0.25, -0.2) is 9.78 Å². The first-order valence-corrected chi connectivity index (χ1v) is 5.82. The van der Waals surface area contributed by atoms with Gasteiger partial charge in [-0.05, 0) is 31.5 Å². The van der Waals surface area contributed by atoms with Crippen molar-refractivity contribution >= 4 is 11.8 Å². The number of ether oxygens (including phenoxy) is 1. The van der Waals surface area contributed by atoms with Crippen LogP contribution in [0.15, 0.2) is 18.2 Å². The second kappa shape index (κ2) is 5.63. The molecule has 1 saturated heterocycles. The van der Waals surface area contributed by atoms with Crippen LogP contribution in [0.3, 0.4) is 0 Å². The summed E-state index contributed by atoms with van der Waals surface area (Å²) in [5.74, 6) is 0.317. The lowest BCUT2D eigenvalue weighted by molar-refractivity contribution is 0.0594. The summed E-state index contributed by atoms with van der Waals surface area (Å²) in [4.78, 5) is 15.6. The molecule has 0 saturated carbocycles. The van der Waals surface area contributed by atoms with Crippen molar-refractivity contribution in [1.82, 2.24) is 10.3 Å². The maximum atomic E-state index is 11.3. The highest BCUT2D eigenvalue weighted by molar-refractivity contribution is 5.87. The number of carbonyl (C=O) groups is 1. The Hall–Kier alpha value is -1.62. The number of piperidine rings is 1. The summed E-state index contributed by atoms with van der Waals surface area (Å²) in [5.41, 5.74) is 0.335. The number of anilines is 1. The standard InChI is InChI=1S/C12H17N3O2/c1-17-12(16)10-5-2-6-11(15-10)14-9-4-3-7-13-8-9/h2,5-6,9,13H,3-4,7-8H2,1H3,(H,14,15). The minimum absolute atomic E-state index is 0.335. The monoisotopic (exact) mass is 235 g/mol. The van der Waals surface area contributed by atoms with Gasteiger partial charge in [0.1, 0.15) is 5.82 Å². The molecule has 1 fully saturated rings. The van der Waals surface area contributed by atoms with Gasteiger partial charge in [0.05, 0.1) is 7.11 Å². The lowest BCUT2D eigenvalue weighted by atomic mass is 10.1. The highest BCUT2D eigenvalue weighted by atomic mass is 16.5. The van der Waals surface area contributed by atoms with Crippen LogP contribution in [0.1, 0.15) is 23.3 Å². The molecule has 0 aliphatic carbocycles. The predicted molar refractivity (Wildman–Crippen MR) is 65.1 cm³/mol. The van der Waals surface area contributed by atoms with E-state index in [1.165, 1.54) is 7.11 Å². The quantitative estimate of drug-likeness (QED) is 0.766. The highest BCUT2D eigenvalue weighted by Crippen LogP contribution is 2.11. The van der Waals surface area contributed by atoms with Crippen molar-refractivity contribution in [3.05, 3.63) is 23.9 Å². The van der Waals surface area contributed by atoms with Crippen LogP contribution in [0.4, 0.5) is 5.82 Å². The largest absolute Gasteiger partial charge is 0.464 e. The molecular weight excluding hydrogens is 218 g/mol. The number of aromatic nitrogens is 1. The van der Waals surface area contributed by atoms with Gasteiger partial charge in [-0.2, -0.15) is 0 Å². The highest BCUT2D eigenvalue weighted by Gasteiger charge is 2.14. The molecule has 0 radical (unpaired) electrons. The van der Waals surface area contributed by atoms with Gasteiger partial charge in [0.25, 0.3) is 0 Å². The third-order valence-corrected chi connectivity index (χ3v) is 2.79. The number of carbonyl (C=O) groups excluding carboxylic acids is 1. The molecule has 0 spiro atoms. The third-order valence-electron chi connectivity index (χ3n) is 2.79. The molecule has 92 valence electrons. The maximum absolute atomic E-state index is 11.3. The topological polar surface area (TPSA) is 63.2 Å². The van der Waals surface area contributed by atoms with Crippen molar-refractivity contribution in [2.75, 3.05) is 25.5 Å². The molecule has 2 heterocycles. The number of methoxy groups -OCH3 is 1. The first-order chi connectivity index (χ1) is 8.29. The van der Waals surface area contributed by atoms with Crippen LogP contribution in [-0.2, 0) is 4.74 Å². The fraction of sp³-hybridized carbons (Fsp3) is 0.500. The maximum Gasteiger partial charge on any atom is 0.356 e. The molecule has 1 aliphatic heterocycles. The number of rotatable bonds is 3. The minimum Gasteiger partial charge on any atom is -0.464 e. The second-order valence-corrected chi connectivity index (χ2v) is 4.09. The minimum atomic E-state index is -0.407. The second-order valence-electron chi connectivity index (χ2n) is 4.09. The van der Waals surface area contributed by atoms with E-state index in [1.807, 2.05) is 6.07 Å². The summed E-state index contributed by atoms with van der Waals surface area (Å²) < 4.78 is 4.64. The first-order valence-electron chi connectivity index (χ1n) is 5.82. The number of esters is 1. The molecule has 1 atom stereocenters. The van der Waals surface area contributed by atoms with E-state index in [9.17, 15) is 4.79 Å². The number of hydrogen-bond donors (Lipinski definition) is 2. The Morgan fingerprint density at radius 2 is 2.47 bits per heavy atom. The summed E-state index contributed by atoms with van der Waals surface area (Å²) in [6, 6.07) is 5.69. The van der Waals surface area contributed by atoms with Crippen molar-refractivity contribution in [3.63, 3.8) is 0 Å². The molecule has 2 rings (SSSR count). The zero-order valence-corrected chi connectivity index (χ0v) is 9.90. The van der Waals surface area contributed by atoms with E-state index in [-0.39, 0.29) is 0 Å².